The summed E-state index contributed by atoms with van der Waals surface area (Å²) in [5.41, 5.74) is 0. The average Bonchev–Trinajstić information content (AvgIpc) is 2.44. The van der Waals surface area contributed by atoms with Gasteiger partial charge >= 0.3 is 0 Å². The number of nitrogens with one attached hydrogen (secondary N) is 2. The molecule has 0 saturated carbocycles. The summed E-state index contributed by atoms with van der Waals surface area (Å²) in [4.78, 5) is 4.15. The van der Waals surface area contributed by atoms with Crippen LogP contribution in [-0.2, 0) is 0 Å². The Morgan fingerprint density at radius 3 is 2.19 bits per heavy atom. The lowest BCUT2D eigenvalue weighted by molar-refractivity contribution is 0.223. The highest BCUT2D eigenvalue weighted by molar-refractivity contribution is 14.0. The Balaban J connectivity index is 0.00000400. The standard InChI is InChI=1S/C15H25N3O2.HI/c1-11(2)18-15(16-4)17-10-12(3)20-14-8-6-13(19-5)7-9-14;/h6-9,11-12H,10H2,1-5H3,(H2,16,17,18);1H. The summed E-state index contributed by atoms with van der Waals surface area (Å²) in [5, 5.41) is 6.46. The number of hydrogen-bond acceptors (Lipinski definition) is 3. The largest absolute Gasteiger partial charge is 0.497 e. The second kappa shape index (κ2) is 10.5. The fraction of sp³-hybridized carbons (Fsp3) is 0.533. The van der Waals surface area contributed by atoms with Crippen molar-refractivity contribution >= 4 is 29.9 Å². The van der Waals surface area contributed by atoms with Crippen molar-refractivity contribution in [2.24, 2.45) is 4.99 Å². The summed E-state index contributed by atoms with van der Waals surface area (Å²) in [7, 11) is 3.41. The van der Waals surface area contributed by atoms with Gasteiger partial charge in [-0.1, -0.05) is 0 Å². The highest BCUT2D eigenvalue weighted by Crippen LogP contribution is 2.17. The van der Waals surface area contributed by atoms with Crippen LogP contribution in [0.4, 0.5) is 0 Å². The van der Waals surface area contributed by atoms with Crippen molar-refractivity contribution in [2.75, 3.05) is 20.7 Å². The predicted octanol–water partition coefficient (Wildman–Crippen LogP) is 2.65. The molecule has 0 saturated heterocycles. The SMILES string of the molecule is CN=C(NCC(C)Oc1ccc(OC)cc1)NC(C)C.I. The van der Waals surface area contributed by atoms with Crippen LogP contribution in [0.25, 0.3) is 0 Å². The molecule has 0 heterocycles. The summed E-state index contributed by atoms with van der Waals surface area (Å²) in [6, 6.07) is 7.91. The topological polar surface area (TPSA) is 54.9 Å². The third-order valence-corrected chi connectivity index (χ3v) is 2.60. The van der Waals surface area contributed by atoms with Crippen LogP contribution in [0.3, 0.4) is 0 Å². The summed E-state index contributed by atoms with van der Waals surface area (Å²) in [5.74, 6) is 2.43. The number of rotatable bonds is 6. The van der Waals surface area contributed by atoms with Gasteiger partial charge in [0.25, 0.3) is 0 Å². The minimum Gasteiger partial charge on any atom is -0.497 e. The Labute approximate surface area is 144 Å². The fourth-order valence-electron chi connectivity index (χ4n) is 1.64. The maximum atomic E-state index is 5.81. The maximum absolute atomic E-state index is 5.81. The van der Waals surface area contributed by atoms with Gasteiger partial charge in [-0.2, -0.15) is 0 Å². The van der Waals surface area contributed by atoms with Crippen molar-refractivity contribution in [3.63, 3.8) is 0 Å². The van der Waals surface area contributed by atoms with E-state index in [2.05, 4.69) is 29.5 Å². The lowest BCUT2D eigenvalue weighted by Gasteiger charge is -2.19. The van der Waals surface area contributed by atoms with Crippen molar-refractivity contribution in [1.29, 1.82) is 0 Å². The van der Waals surface area contributed by atoms with Crippen LogP contribution in [0.1, 0.15) is 20.8 Å². The van der Waals surface area contributed by atoms with Gasteiger partial charge in [0.15, 0.2) is 5.96 Å². The first-order valence-corrected chi connectivity index (χ1v) is 6.83. The normalized spacial score (nSPS) is 12.4. The lowest BCUT2D eigenvalue weighted by atomic mass is 10.3. The zero-order valence-corrected chi connectivity index (χ0v) is 15.7. The van der Waals surface area contributed by atoms with Crippen molar-refractivity contribution in [3.05, 3.63) is 24.3 Å². The molecule has 1 atom stereocenters. The number of guanidine groups is 1. The Morgan fingerprint density at radius 1 is 1.14 bits per heavy atom. The van der Waals surface area contributed by atoms with E-state index in [1.165, 1.54) is 0 Å². The lowest BCUT2D eigenvalue weighted by Crippen LogP contribution is -2.44. The fourth-order valence-corrected chi connectivity index (χ4v) is 1.64. The summed E-state index contributed by atoms with van der Waals surface area (Å²) in [6.45, 7) is 6.84. The Bertz CT molecular complexity index is 421. The number of methoxy groups -OCH3 is 1. The molecule has 0 bridgehead atoms. The monoisotopic (exact) mass is 407 g/mol. The van der Waals surface area contributed by atoms with Gasteiger partial charge in [-0.3, -0.25) is 4.99 Å². The molecule has 120 valence electrons. The van der Waals surface area contributed by atoms with Crippen LogP contribution in [0, 0.1) is 0 Å². The predicted molar refractivity (Wildman–Crippen MR) is 98.1 cm³/mol. The molecule has 0 aliphatic rings. The van der Waals surface area contributed by atoms with E-state index in [-0.39, 0.29) is 30.1 Å². The summed E-state index contributed by atoms with van der Waals surface area (Å²) < 4.78 is 10.9. The minimum atomic E-state index is 0. The van der Waals surface area contributed by atoms with Crippen molar-refractivity contribution in [2.45, 2.75) is 32.9 Å². The molecule has 0 fully saturated rings. The molecule has 0 spiro atoms. The molecule has 5 nitrogen and oxygen atoms in total. The number of halogens is 1. The van der Waals surface area contributed by atoms with Crippen LogP contribution in [0.15, 0.2) is 29.3 Å². The zero-order valence-electron chi connectivity index (χ0n) is 13.3. The molecule has 21 heavy (non-hydrogen) atoms. The number of nitrogens with zero attached hydrogens (tertiary/aromatic N) is 1. The van der Waals surface area contributed by atoms with E-state index in [1.54, 1.807) is 14.2 Å². The molecule has 1 rings (SSSR count). The smallest absolute Gasteiger partial charge is 0.191 e. The second-order valence-electron chi connectivity index (χ2n) is 4.86. The first-order chi connectivity index (χ1) is 9.55. The Morgan fingerprint density at radius 2 is 1.71 bits per heavy atom. The number of ether oxygens (including phenoxy) is 2. The van der Waals surface area contributed by atoms with Gasteiger partial charge in [-0.05, 0) is 45.0 Å². The van der Waals surface area contributed by atoms with Gasteiger partial charge in [0, 0.05) is 13.1 Å². The van der Waals surface area contributed by atoms with Crippen LogP contribution >= 0.6 is 24.0 Å². The van der Waals surface area contributed by atoms with Crippen LogP contribution in [0.2, 0.25) is 0 Å². The van der Waals surface area contributed by atoms with Crippen LogP contribution < -0.4 is 20.1 Å². The van der Waals surface area contributed by atoms with E-state index in [0.29, 0.717) is 12.6 Å². The maximum Gasteiger partial charge on any atom is 0.191 e. The Hall–Kier alpha value is -1.18. The molecule has 1 aromatic rings. The number of hydrogen-bond donors (Lipinski definition) is 2. The molecule has 1 aromatic carbocycles. The van der Waals surface area contributed by atoms with Gasteiger partial charge in [-0.25, -0.2) is 0 Å². The third-order valence-electron chi connectivity index (χ3n) is 2.60. The molecule has 2 N–H and O–H groups in total. The van der Waals surface area contributed by atoms with E-state index < -0.39 is 0 Å². The Kier molecular flexibility index (Phi) is 9.94. The van der Waals surface area contributed by atoms with Gasteiger partial charge < -0.3 is 20.1 Å². The van der Waals surface area contributed by atoms with Gasteiger partial charge in [0.1, 0.15) is 17.6 Å². The van der Waals surface area contributed by atoms with E-state index >= 15 is 0 Å². The van der Waals surface area contributed by atoms with E-state index in [0.717, 1.165) is 17.5 Å². The third kappa shape index (κ3) is 7.99. The molecular formula is C15H26IN3O2. The molecule has 1 unspecified atom stereocenters. The quantitative estimate of drug-likeness (QED) is 0.433. The molecule has 6 heteroatoms. The average molecular weight is 407 g/mol. The van der Waals surface area contributed by atoms with Gasteiger partial charge in [0.05, 0.1) is 13.7 Å². The first-order valence-electron chi connectivity index (χ1n) is 6.83. The molecule has 0 radical (unpaired) electrons. The number of aliphatic imine (C=N–C) groups is 1. The number of benzene rings is 1. The van der Waals surface area contributed by atoms with Crippen molar-refractivity contribution in [1.82, 2.24) is 10.6 Å². The zero-order chi connectivity index (χ0) is 15.0. The van der Waals surface area contributed by atoms with Gasteiger partial charge in [0.2, 0.25) is 0 Å². The molecule has 0 aliphatic heterocycles. The van der Waals surface area contributed by atoms with Gasteiger partial charge in [-0.15, -0.1) is 24.0 Å². The summed E-state index contributed by atoms with van der Waals surface area (Å²) >= 11 is 0. The molecule has 0 amide bonds. The molecule has 0 aromatic heterocycles. The second-order valence-corrected chi connectivity index (χ2v) is 4.86. The van der Waals surface area contributed by atoms with Crippen LogP contribution in [-0.4, -0.2) is 38.8 Å². The summed E-state index contributed by atoms with van der Waals surface area (Å²) in [6.07, 6.45) is 0.0362. The molecule has 0 aliphatic carbocycles. The van der Waals surface area contributed by atoms with Crippen LogP contribution in [0.5, 0.6) is 11.5 Å². The van der Waals surface area contributed by atoms with E-state index in [9.17, 15) is 0 Å². The molecular weight excluding hydrogens is 381 g/mol. The minimum absolute atomic E-state index is 0. The highest BCUT2D eigenvalue weighted by Gasteiger charge is 2.06. The van der Waals surface area contributed by atoms with E-state index in [1.807, 2.05) is 31.2 Å². The van der Waals surface area contributed by atoms with Crippen molar-refractivity contribution in [3.8, 4) is 11.5 Å². The van der Waals surface area contributed by atoms with Crippen molar-refractivity contribution < 1.29 is 9.47 Å². The highest BCUT2D eigenvalue weighted by atomic mass is 127. The first kappa shape index (κ1) is 19.8. The van der Waals surface area contributed by atoms with E-state index in [4.69, 9.17) is 9.47 Å².